The van der Waals surface area contributed by atoms with Crippen LogP contribution in [0.2, 0.25) is 0 Å². The fraction of sp³-hybridized carbons (Fsp3) is 0.857. The molecule has 4 atom stereocenters. The Labute approximate surface area is 100 Å². The quantitative estimate of drug-likeness (QED) is 0.694. The van der Waals surface area contributed by atoms with Crippen LogP contribution in [0.25, 0.3) is 0 Å². The zero-order chi connectivity index (χ0) is 11.5. The summed E-state index contributed by atoms with van der Waals surface area (Å²) in [6.45, 7) is 10.3. The van der Waals surface area contributed by atoms with Crippen molar-refractivity contribution in [3.05, 3.63) is 12.2 Å². The van der Waals surface area contributed by atoms with Crippen molar-refractivity contribution < 1.29 is 0 Å². The molecule has 2 rings (SSSR count). The molecule has 1 fully saturated rings. The summed E-state index contributed by atoms with van der Waals surface area (Å²) in [6.07, 6.45) is 7.51. The topological polar surface area (TPSA) is 15.3 Å². The summed E-state index contributed by atoms with van der Waals surface area (Å²) in [7, 11) is 0. The monoisotopic (exact) mass is 222 g/mol. The summed E-state index contributed by atoms with van der Waals surface area (Å²) in [4.78, 5) is 2.50. The van der Waals surface area contributed by atoms with E-state index in [9.17, 15) is 0 Å². The fourth-order valence-corrected chi connectivity index (χ4v) is 3.19. The molecule has 2 aliphatic rings. The lowest BCUT2D eigenvalue weighted by Crippen LogP contribution is -2.53. The molecule has 92 valence electrons. The van der Waals surface area contributed by atoms with Crippen molar-refractivity contribution in [3.63, 3.8) is 0 Å². The van der Waals surface area contributed by atoms with Crippen LogP contribution in [0.1, 0.15) is 33.6 Å². The third kappa shape index (κ3) is 2.49. The number of nitrogens with zero attached hydrogens (tertiary/aromatic N) is 1. The molecule has 0 aromatic rings. The molecule has 0 spiro atoms. The van der Waals surface area contributed by atoms with Crippen LogP contribution in [0, 0.1) is 11.8 Å². The molecule has 2 aliphatic carbocycles. The minimum atomic E-state index is 0.625. The maximum atomic E-state index is 3.79. The molecule has 2 heteroatoms. The van der Waals surface area contributed by atoms with Gasteiger partial charge in [0.15, 0.2) is 0 Å². The van der Waals surface area contributed by atoms with Gasteiger partial charge in [-0.25, -0.2) is 0 Å². The van der Waals surface area contributed by atoms with Crippen LogP contribution in [0.15, 0.2) is 12.2 Å². The first-order valence-corrected chi connectivity index (χ1v) is 6.89. The molecule has 0 aromatic heterocycles. The molecule has 0 bridgehead atoms. The van der Waals surface area contributed by atoms with Crippen LogP contribution in [0.3, 0.4) is 0 Å². The molecule has 0 radical (unpaired) electrons. The molecule has 4 unspecified atom stereocenters. The molecule has 1 saturated carbocycles. The van der Waals surface area contributed by atoms with Crippen LogP contribution in [-0.4, -0.2) is 36.6 Å². The van der Waals surface area contributed by atoms with E-state index in [-0.39, 0.29) is 0 Å². The smallest absolute Gasteiger partial charge is 0.0169 e. The van der Waals surface area contributed by atoms with Gasteiger partial charge in [-0.05, 0) is 44.7 Å². The van der Waals surface area contributed by atoms with Gasteiger partial charge in [-0.3, -0.25) is 0 Å². The van der Waals surface area contributed by atoms with Crippen LogP contribution in [-0.2, 0) is 0 Å². The van der Waals surface area contributed by atoms with Crippen LogP contribution < -0.4 is 5.32 Å². The number of fused-ring (bicyclic) bond motifs is 1. The molecular weight excluding hydrogens is 196 g/mol. The Morgan fingerprint density at radius 2 is 2.12 bits per heavy atom. The Hall–Kier alpha value is -0.340. The summed E-state index contributed by atoms with van der Waals surface area (Å²) >= 11 is 0. The van der Waals surface area contributed by atoms with Crippen LogP contribution in [0.4, 0.5) is 0 Å². The Bertz CT molecular complexity index is 245. The molecular formula is C14H26N2. The highest BCUT2D eigenvalue weighted by atomic mass is 15.1. The van der Waals surface area contributed by atoms with E-state index >= 15 is 0 Å². The van der Waals surface area contributed by atoms with E-state index in [1.54, 1.807) is 0 Å². The molecule has 0 amide bonds. The number of allylic oxidation sites excluding steroid dienone is 1. The van der Waals surface area contributed by atoms with E-state index in [0.29, 0.717) is 6.04 Å². The maximum Gasteiger partial charge on any atom is 0.0169 e. The van der Waals surface area contributed by atoms with E-state index < -0.39 is 0 Å². The predicted octanol–water partition coefficient (Wildman–Crippen LogP) is 2.27. The van der Waals surface area contributed by atoms with Gasteiger partial charge < -0.3 is 10.2 Å². The van der Waals surface area contributed by atoms with E-state index in [1.807, 2.05) is 0 Å². The van der Waals surface area contributed by atoms with Crippen molar-refractivity contribution in [3.8, 4) is 0 Å². The number of rotatable bonds is 6. The lowest BCUT2D eigenvalue weighted by atomic mass is 9.71. The van der Waals surface area contributed by atoms with Gasteiger partial charge in [-0.2, -0.15) is 0 Å². The van der Waals surface area contributed by atoms with Gasteiger partial charge in [0, 0.05) is 18.6 Å². The molecule has 1 N–H and O–H groups in total. The summed E-state index contributed by atoms with van der Waals surface area (Å²) in [5, 5.41) is 3.79. The van der Waals surface area contributed by atoms with Crippen molar-refractivity contribution in [2.75, 3.05) is 19.6 Å². The third-order valence-corrected chi connectivity index (χ3v) is 4.29. The van der Waals surface area contributed by atoms with Gasteiger partial charge in [0.25, 0.3) is 0 Å². The summed E-state index contributed by atoms with van der Waals surface area (Å²) < 4.78 is 0. The molecule has 0 heterocycles. The number of hydrogen-bond acceptors (Lipinski definition) is 2. The standard InChI is InChI=1S/C14H26N2/c1-4-16(5-2)10-11(3)15-14-9-12-7-6-8-13(12)14/h6,8,11-15H,4-5,7,9-10H2,1-3H3. The lowest BCUT2D eigenvalue weighted by molar-refractivity contribution is 0.141. The van der Waals surface area contributed by atoms with E-state index in [4.69, 9.17) is 0 Å². The first kappa shape index (κ1) is 12.1. The van der Waals surface area contributed by atoms with E-state index in [0.717, 1.165) is 17.9 Å². The second-order valence-electron chi connectivity index (χ2n) is 5.40. The fourth-order valence-electron chi connectivity index (χ4n) is 3.19. The zero-order valence-corrected chi connectivity index (χ0v) is 10.9. The molecule has 0 aromatic carbocycles. The van der Waals surface area contributed by atoms with Gasteiger partial charge in [0.2, 0.25) is 0 Å². The van der Waals surface area contributed by atoms with Crippen LogP contribution in [0.5, 0.6) is 0 Å². The summed E-state index contributed by atoms with van der Waals surface area (Å²) in [5.41, 5.74) is 0. The summed E-state index contributed by atoms with van der Waals surface area (Å²) in [5.74, 6) is 1.82. The number of nitrogens with one attached hydrogen (secondary N) is 1. The minimum Gasteiger partial charge on any atom is -0.310 e. The van der Waals surface area contributed by atoms with Crippen molar-refractivity contribution >= 4 is 0 Å². The highest BCUT2D eigenvalue weighted by molar-refractivity contribution is 5.13. The van der Waals surface area contributed by atoms with E-state index in [1.165, 1.54) is 32.5 Å². The van der Waals surface area contributed by atoms with Gasteiger partial charge in [0.05, 0.1) is 0 Å². The van der Waals surface area contributed by atoms with Crippen molar-refractivity contribution in [1.82, 2.24) is 10.2 Å². The van der Waals surface area contributed by atoms with Gasteiger partial charge in [-0.1, -0.05) is 26.0 Å². The first-order valence-electron chi connectivity index (χ1n) is 6.89. The van der Waals surface area contributed by atoms with E-state index in [2.05, 4.69) is 43.1 Å². The highest BCUT2D eigenvalue weighted by Gasteiger charge is 2.41. The SMILES string of the molecule is CCN(CC)CC(C)NC1CC2CC=CC21. The maximum absolute atomic E-state index is 3.79. The van der Waals surface area contributed by atoms with Crippen molar-refractivity contribution in [1.29, 1.82) is 0 Å². The normalized spacial score (nSPS) is 33.9. The molecule has 2 nitrogen and oxygen atoms in total. The van der Waals surface area contributed by atoms with Gasteiger partial charge in [-0.15, -0.1) is 0 Å². The van der Waals surface area contributed by atoms with Gasteiger partial charge >= 0.3 is 0 Å². The van der Waals surface area contributed by atoms with Crippen LogP contribution >= 0.6 is 0 Å². The highest BCUT2D eigenvalue weighted by Crippen LogP contribution is 2.42. The third-order valence-electron chi connectivity index (χ3n) is 4.29. The minimum absolute atomic E-state index is 0.625. The summed E-state index contributed by atoms with van der Waals surface area (Å²) in [6, 6.07) is 1.38. The Morgan fingerprint density at radius 1 is 1.38 bits per heavy atom. The Balaban J connectivity index is 1.71. The van der Waals surface area contributed by atoms with Gasteiger partial charge in [0.1, 0.15) is 0 Å². The second kappa shape index (κ2) is 5.33. The Kier molecular flexibility index (Phi) is 4.04. The van der Waals surface area contributed by atoms with Crippen molar-refractivity contribution in [2.24, 2.45) is 11.8 Å². The lowest BCUT2D eigenvalue weighted by Gasteiger charge is -2.42. The average molecular weight is 222 g/mol. The zero-order valence-electron chi connectivity index (χ0n) is 10.9. The molecule has 0 saturated heterocycles. The molecule has 16 heavy (non-hydrogen) atoms. The largest absolute Gasteiger partial charge is 0.310 e. The van der Waals surface area contributed by atoms with Crippen molar-refractivity contribution in [2.45, 2.75) is 45.7 Å². The predicted molar refractivity (Wildman–Crippen MR) is 69.5 cm³/mol. The molecule has 0 aliphatic heterocycles. The number of likely N-dealkylation sites (N-methyl/N-ethyl adjacent to an activating group) is 1. The average Bonchev–Trinajstić information content (AvgIpc) is 2.64. The Morgan fingerprint density at radius 3 is 2.75 bits per heavy atom. The first-order chi connectivity index (χ1) is 7.74. The number of hydrogen-bond donors (Lipinski definition) is 1. The second-order valence-corrected chi connectivity index (χ2v) is 5.40.